The van der Waals surface area contributed by atoms with Gasteiger partial charge >= 0.3 is 0 Å². The second kappa shape index (κ2) is 5.51. The largest absolute Gasteiger partial charge is 0.497 e. The summed E-state index contributed by atoms with van der Waals surface area (Å²) in [6.45, 7) is 0.426. The maximum absolute atomic E-state index is 13.3. The Labute approximate surface area is 120 Å². The Morgan fingerprint density at radius 2 is 1.80 bits per heavy atom. The van der Waals surface area contributed by atoms with Crippen LogP contribution < -0.4 is 9.47 Å². The van der Waals surface area contributed by atoms with E-state index in [2.05, 4.69) is 0 Å². The molecule has 0 unspecified atom stereocenters. The van der Waals surface area contributed by atoms with Crippen LogP contribution in [0.15, 0.2) is 47.8 Å². The highest BCUT2D eigenvalue weighted by Crippen LogP contribution is 2.28. The fourth-order valence-corrected chi connectivity index (χ4v) is 2.93. The molecule has 0 amide bonds. The van der Waals surface area contributed by atoms with Crippen molar-refractivity contribution in [2.45, 2.75) is 6.61 Å². The summed E-state index contributed by atoms with van der Waals surface area (Å²) in [5, 5.41) is 2.93. The van der Waals surface area contributed by atoms with Gasteiger partial charge in [0.25, 0.3) is 0 Å². The summed E-state index contributed by atoms with van der Waals surface area (Å²) < 4.78 is 25.2. The Morgan fingerprint density at radius 3 is 2.55 bits per heavy atom. The van der Waals surface area contributed by atoms with E-state index in [-0.39, 0.29) is 5.82 Å². The van der Waals surface area contributed by atoms with Crippen molar-refractivity contribution in [3.05, 3.63) is 59.2 Å². The van der Waals surface area contributed by atoms with Gasteiger partial charge < -0.3 is 9.47 Å². The molecule has 0 aliphatic rings. The molecule has 0 atom stereocenters. The molecule has 1 aromatic heterocycles. The number of fused-ring (bicyclic) bond motifs is 1. The van der Waals surface area contributed by atoms with Crippen LogP contribution in [0.2, 0.25) is 0 Å². The maximum atomic E-state index is 13.3. The standard InChI is InChI=1S/C16H13FO2S/c1-18-13-3-5-14(6-4-13)19-9-11-10-20-16-7-2-12(17)8-15(11)16/h2-8,10H,9H2,1H3. The Bertz CT molecular complexity index is 719. The van der Waals surface area contributed by atoms with Crippen LogP contribution in [0.1, 0.15) is 5.56 Å². The molecule has 2 nitrogen and oxygen atoms in total. The van der Waals surface area contributed by atoms with Crippen LogP contribution in [0.25, 0.3) is 10.1 Å². The molecule has 0 aliphatic carbocycles. The fraction of sp³-hybridized carbons (Fsp3) is 0.125. The molecule has 102 valence electrons. The van der Waals surface area contributed by atoms with Gasteiger partial charge in [-0.2, -0.15) is 0 Å². The van der Waals surface area contributed by atoms with Gasteiger partial charge in [-0.25, -0.2) is 4.39 Å². The number of ether oxygens (including phenoxy) is 2. The smallest absolute Gasteiger partial charge is 0.123 e. The molecule has 0 fully saturated rings. The van der Waals surface area contributed by atoms with Gasteiger partial charge in [-0.05, 0) is 47.8 Å². The van der Waals surface area contributed by atoms with Crippen molar-refractivity contribution in [2.75, 3.05) is 7.11 Å². The molecule has 0 radical (unpaired) electrons. The molecule has 1 heterocycles. The molecule has 0 spiro atoms. The first-order chi connectivity index (χ1) is 9.76. The summed E-state index contributed by atoms with van der Waals surface area (Å²) in [7, 11) is 1.63. The van der Waals surface area contributed by atoms with Crippen LogP contribution in [0.5, 0.6) is 11.5 Å². The van der Waals surface area contributed by atoms with Gasteiger partial charge in [0, 0.05) is 15.6 Å². The van der Waals surface area contributed by atoms with E-state index < -0.39 is 0 Å². The molecule has 0 saturated heterocycles. The third-order valence-electron chi connectivity index (χ3n) is 3.07. The van der Waals surface area contributed by atoms with Crippen LogP contribution in [-0.2, 0) is 6.61 Å². The Hall–Kier alpha value is -2.07. The molecule has 4 heteroatoms. The molecular formula is C16H13FO2S. The van der Waals surface area contributed by atoms with Gasteiger partial charge in [0.2, 0.25) is 0 Å². The van der Waals surface area contributed by atoms with Crippen molar-refractivity contribution in [3.8, 4) is 11.5 Å². The highest BCUT2D eigenvalue weighted by atomic mass is 32.1. The predicted octanol–water partition coefficient (Wildman–Crippen LogP) is 4.63. The van der Waals surface area contributed by atoms with Gasteiger partial charge in [0.15, 0.2) is 0 Å². The number of benzene rings is 2. The molecule has 3 rings (SSSR count). The second-order valence-corrected chi connectivity index (χ2v) is 5.28. The minimum atomic E-state index is -0.221. The van der Waals surface area contributed by atoms with Crippen LogP contribution in [0, 0.1) is 5.82 Å². The molecule has 2 aromatic carbocycles. The molecule has 0 aliphatic heterocycles. The van der Waals surface area contributed by atoms with Gasteiger partial charge in [0.1, 0.15) is 23.9 Å². The van der Waals surface area contributed by atoms with Crippen molar-refractivity contribution in [2.24, 2.45) is 0 Å². The lowest BCUT2D eigenvalue weighted by atomic mass is 10.2. The molecule has 3 aromatic rings. The van der Waals surface area contributed by atoms with E-state index in [0.717, 1.165) is 27.1 Å². The summed E-state index contributed by atoms with van der Waals surface area (Å²) >= 11 is 1.60. The topological polar surface area (TPSA) is 18.5 Å². The summed E-state index contributed by atoms with van der Waals surface area (Å²) in [6.07, 6.45) is 0. The molecule has 0 N–H and O–H groups in total. The van der Waals surface area contributed by atoms with Crippen molar-refractivity contribution in [1.82, 2.24) is 0 Å². The van der Waals surface area contributed by atoms with Crippen LogP contribution in [0.3, 0.4) is 0 Å². The lowest BCUT2D eigenvalue weighted by molar-refractivity contribution is 0.307. The van der Waals surface area contributed by atoms with Gasteiger partial charge in [-0.3, -0.25) is 0 Å². The van der Waals surface area contributed by atoms with Crippen LogP contribution >= 0.6 is 11.3 Å². The molecular weight excluding hydrogens is 275 g/mol. The molecule has 0 bridgehead atoms. The lowest BCUT2D eigenvalue weighted by Gasteiger charge is -2.06. The minimum Gasteiger partial charge on any atom is -0.497 e. The van der Waals surface area contributed by atoms with Crippen molar-refractivity contribution < 1.29 is 13.9 Å². The second-order valence-electron chi connectivity index (χ2n) is 4.37. The van der Waals surface area contributed by atoms with E-state index in [9.17, 15) is 4.39 Å². The van der Waals surface area contributed by atoms with Crippen LogP contribution in [0.4, 0.5) is 4.39 Å². The Balaban J connectivity index is 1.77. The van der Waals surface area contributed by atoms with E-state index >= 15 is 0 Å². The SMILES string of the molecule is COc1ccc(OCc2csc3ccc(F)cc23)cc1. The Morgan fingerprint density at radius 1 is 1.05 bits per heavy atom. The number of hydrogen-bond donors (Lipinski definition) is 0. The van der Waals surface area contributed by atoms with Gasteiger partial charge in [-0.15, -0.1) is 11.3 Å². The fourth-order valence-electron chi connectivity index (χ4n) is 2.00. The summed E-state index contributed by atoms with van der Waals surface area (Å²) in [5.74, 6) is 1.34. The van der Waals surface area contributed by atoms with E-state index in [4.69, 9.17) is 9.47 Å². The normalized spacial score (nSPS) is 10.7. The van der Waals surface area contributed by atoms with E-state index in [1.165, 1.54) is 6.07 Å². The predicted molar refractivity (Wildman–Crippen MR) is 79.1 cm³/mol. The third kappa shape index (κ3) is 2.60. The summed E-state index contributed by atoms with van der Waals surface area (Å²) in [4.78, 5) is 0. The lowest BCUT2D eigenvalue weighted by Crippen LogP contribution is -1.94. The number of methoxy groups -OCH3 is 1. The number of halogens is 1. The number of thiophene rings is 1. The number of hydrogen-bond acceptors (Lipinski definition) is 3. The highest BCUT2D eigenvalue weighted by molar-refractivity contribution is 7.17. The highest BCUT2D eigenvalue weighted by Gasteiger charge is 2.06. The molecule has 20 heavy (non-hydrogen) atoms. The first-order valence-corrected chi connectivity index (χ1v) is 7.07. The quantitative estimate of drug-likeness (QED) is 0.697. The first-order valence-electron chi connectivity index (χ1n) is 6.19. The van der Waals surface area contributed by atoms with Crippen molar-refractivity contribution in [1.29, 1.82) is 0 Å². The monoisotopic (exact) mass is 288 g/mol. The first kappa shape index (κ1) is 12.9. The van der Waals surface area contributed by atoms with Gasteiger partial charge in [0.05, 0.1) is 7.11 Å². The Kier molecular flexibility index (Phi) is 3.56. The van der Waals surface area contributed by atoms with Gasteiger partial charge in [-0.1, -0.05) is 0 Å². The summed E-state index contributed by atoms with van der Waals surface area (Å²) in [5.41, 5.74) is 1.00. The van der Waals surface area contributed by atoms with Crippen molar-refractivity contribution >= 4 is 21.4 Å². The zero-order chi connectivity index (χ0) is 13.9. The van der Waals surface area contributed by atoms with Crippen LogP contribution in [-0.4, -0.2) is 7.11 Å². The average Bonchev–Trinajstić information content (AvgIpc) is 2.88. The zero-order valence-electron chi connectivity index (χ0n) is 10.9. The number of rotatable bonds is 4. The maximum Gasteiger partial charge on any atom is 0.123 e. The minimum absolute atomic E-state index is 0.221. The van der Waals surface area contributed by atoms with Crippen molar-refractivity contribution in [3.63, 3.8) is 0 Å². The average molecular weight is 288 g/mol. The third-order valence-corrected chi connectivity index (χ3v) is 4.08. The van der Waals surface area contributed by atoms with E-state index in [0.29, 0.717) is 6.61 Å². The van der Waals surface area contributed by atoms with E-state index in [1.807, 2.05) is 29.6 Å². The zero-order valence-corrected chi connectivity index (χ0v) is 11.7. The summed E-state index contributed by atoms with van der Waals surface area (Å²) in [6, 6.07) is 12.2. The molecule has 0 saturated carbocycles. The van der Waals surface area contributed by atoms with E-state index in [1.54, 1.807) is 30.6 Å².